The minimum Gasteiger partial charge on any atom is -0.319 e. The van der Waals surface area contributed by atoms with Crippen molar-refractivity contribution in [3.63, 3.8) is 0 Å². The average Bonchev–Trinajstić information content (AvgIpc) is 2.95. The second kappa shape index (κ2) is 7.80. The van der Waals surface area contributed by atoms with Gasteiger partial charge in [0.25, 0.3) is 5.91 Å². The molecule has 0 radical (unpaired) electrons. The van der Waals surface area contributed by atoms with Crippen LogP contribution in [0.2, 0.25) is 0 Å². The maximum Gasteiger partial charge on any atom is 0.325 e. The van der Waals surface area contributed by atoms with Crippen LogP contribution in [0.4, 0.5) is 14.9 Å². The molecule has 0 bridgehead atoms. The molecule has 1 aliphatic rings. The molecule has 1 heterocycles. The molecule has 0 aliphatic carbocycles. The van der Waals surface area contributed by atoms with Gasteiger partial charge in [-0.25, -0.2) is 9.18 Å². The number of para-hydroxylation sites is 1. The fraction of sp³-hybridized carbons (Fsp3) is 0.286. The third kappa shape index (κ3) is 3.35. The molecule has 2 aromatic rings. The van der Waals surface area contributed by atoms with E-state index in [0.29, 0.717) is 17.8 Å². The zero-order valence-corrected chi connectivity index (χ0v) is 15.8. The molecule has 1 saturated heterocycles. The molecule has 1 N–H and O–H groups in total. The lowest BCUT2D eigenvalue weighted by atomic mass is 9.87. The lowest BCUT2D eigenvalue weighted by Crippen LogP contribution is -2.45. The first-order valence-electron chi connectivity index (χ1n) is 9.18. The molecule has 1 fully saturated rings. The van der Waals surface area contributed by atoms with Gasteiger partial charge in [0.2, 0.25) is 5.91 Å². The van der Waals surface area contributed by atoms with Gasteiger partial charge in [-0.05, 0) is 43.2 Å². The van der Waals surface area contributed by atoms with E-state index in [1.165, 1.54) is 29.2 Å². The monoisotopic (exact) mass is 383 g/mol. The van der Waals surface area contributed by atoms with Crippen molar-refractivity contribution in [3.8, 4) is 0 Å². The van der Waals surface area contributed by atoms with E-state index in [-0.39, 0.29) is 18.9 Å². The van der Waals surface area contributed by atoms with Gasteiger partial charge < -0.3 is 10.2 Å². The van der Waals surface area contributed by atoms with Crippen molar-refractivity contribution in [2.75, 3.05) is 18.0 Å². The summed E-state index contributed by atoms with van der Waals surface area (Å²) in [7, 11) is 0. The number of rotatable bonds is 6. The average molecular weight is 383 g/mol. The van der Waals surface area contributed by atoms with E-state index in [2.05, 4.69) is 5.32 Å². The molecule has 0 aromatic heterocycles. The number of amides is 4. The molecule has 1 aliphatic heterocycles. The number of carbonyl (C=O) groups is 3. The summed E-state index contributed by atoms with van der Waals surface area (Å²) in [6.45, 7) is 3.63. The van der Waals surface area contributed by atoms with Gasteiger partial charge >= 0.3 is 6.03 Å². The smallest absolute Gasteiger partial charge is 0.319 e. The number of halogens is 1. The van der Waals surface area contributed by atoms with Crippen LogP contribution in [0.15, 0.2) is 54.6 Å². The van der Waals surface area contributed by atoms with Crippen LogP contribution < -0.4 is 10.2 Å². The highest BCUT2D eigenvalue weighted by Gasteiger charge is 2.51. The Balaban J connectivity index is 1.85. The molecular weight excluding hydrogens is 361 g/mol. The van der Waals surface area contributed by atoms with Crippen molar-refractivity contribution < 1.29 is 18.8 Å². The van der Waals surface area contributed by atoms with E-state index >= 15 is 0 Å². The summed E-state index contributed by atoms with van der Waals surface area (Å²) >= 11 is 0. The Labute approximate surface area is 162 Å². The summed E-state index contributed by atoms with van der Waals surface area (Å²) in [4.78, 5) is 40.9. The van der Waals surface area contributed by atoms with Gasteiger partial charge in [-0.3, -0.25) is 14.5 Å². The molecule has 7 heteroatoms. The van der Waals surface area contributed by atoms with Gasteiger partial charge in [0.05, 0.1) is 0 Å². The number of carbonyl (C=O) groups excluding carboxylic acids is 3. The van der Waals surface area contributed by atoms with Crippen LogP contribution in [0.5, 0.6) is 0 Å². The number of benzene rings is 2. The maximum absolute atomic E-state index is 13.3. The van der Waals surface area contributed by atoms with Crippen molar-refractivity contribution >= 4 is 23.5 Å². The third-order valence-electron chi connectivity index (χ3n) is 5.02. The van der Waals surface area contributed by atoms with Gasteiger partial charge in [0.15, 0.2) is 0 Å². The first kappa shape index (κ1) is 19.5. The van der Waals surface area contributed by atoms with Crippen LogP contribution in [0.1, 0.15) is 25.8 Å². The molecule has 28 heavy (non-hydrogen) atoms. The van der Waals surface area contributed by atoms with Crippen LogP contribution in [0, 0.1) is 5.82 Å². The van der Waals surface area contributed by atoms with Gasteiger partial charge in [-0.15, -0.1) is 0 Å². The van der Waals surface area contributed by atoms with Gasteiger partial charge in [0, 0.05) is 12.2 Å². The van der Waals surface area contributed by atoms with Crippen LogP contribution >= 0.6 is 0 Å². The zero-order chi connectivity index (χ0) is 20.3. The van der Waals surface area contributed by atoms with Crippen molar-refractivity contribution in [1.29, 1.82) is 0 Å². The topological polar surface area (TPSA) is 69.7 Å². The number of anilines is 1. The van der Waals surface area contributed by atoms with E-state index < -0.39 is 23.3 Å². The standard InChI is InChI=1S/C21H22FN3O3/c1-3-21(15-10-12-16(22)13-11-15)19(27)25(20(28)23-21)14-18(26)24(4-2)17-8-6-5-7-9-17/h5-13H,3-4,14H2,1-2H3,(H,23,28). The Morgan fingerprint density at radius 2 is 1.71 bits per heavy atom. The van der Waals surface area contributed by atoms with E-state index in [0.717, 1.165) is 4.90 Å². The van der Waals surface area contributed by atoms with Crippen LogP contribution in [-0.2, 0) is 15.1 Å². The van der Waals surface area contributed by atoms with Crippen molar-refractivity contribution in [2.24, 2.45) is 0 Å². The van der Waals surface area contributed by atoms with Gasteiger partial charge in [0.1, 0.15) is 17.9 Å². The summed E-state index contributed by atoms with van der Waals surface area (Å²) in [5.41, 5.74) is -0.114. The summed E-state index contributed by atoms with van der Waals surface area (Å²) in [5.74, 6) is -1.30. The van der Waals surface area contributed by atoms with Crippen molar-refractivity contribution in [3.05, 3.63) is 66.0 Å². The molecule has 1 unspecified atom stereocenters. The summed E-state index contributed by atoms with van der Waals surface area (Å²) in [6.07, 6.45) is 0.282. The SMILES string of the molecule is CCN(C(=O)CN1C(=O)NC(CC)(c2ccc(F)cc2)C1=O)c1ccccc1. The Morgan fingerprint density at radius 1 is 1.07 bits per heavy atom. The van der Waals surface area contributed by atoms with E-state index in [1.54, 1.807) is 19.1 Å². The normalized spacial score (nSPS) is 18.9. The molecule has 3 rings (SSSR count). The second-order valence-electron chi connectivity index (χ2n) is 6.56. The highest BCUT2D eigenvalue weighted by atomic mass is 19.1. The fourth-order valence-corrected chi connectivity index (χ4v) is 3.47. The summed E-state index contributed by atoms with van der Waals surface area (Å²) in [6, 6.07) is 13.9. The number of urea groups is 1. The van der Waals surface area contributed by atoms with Crippen LogP contribution in [0.25, 0.3) is 0 Å². The quantitative estimate of drug-likeness (QED) is 0.780. The molecule has 4 amide bonds. The van der Waals surface area contributed by atoms with Crippen LogP contribution in [0.3, 0.4) is 0 Å². The Bertz CT molecular complexity index is 886. The van der Waals surface area contributed by atoms with Gasteiger partial charge in [-0.2, -0.15) is 0 Å². The lowest BCUT2D eigenvalue weighted by Gasteiger charge is -2.26. The molecular formula is C21H22FN3O3. The minimum atomic E-state index is -1.30. The number of nitrogens with one attached hydrogen (secondary N) is 1. The third-order valence-corrected chi connectivity index (χ3v) is 5.02. The molecule has 0 saturated carbocycles. The zero-order valence-electron chi connectivity index (χ0n) is 15.8. The first-order valence-corrected chi connectivity index (χ1v) is 9.18. The molecule has 1 atom stereocenters. The van der Waals surface area contributed by atoms with E-state index in [9.17, 15) is 18.8 Å². The molecule has 146 valence electrons. The van der Waals surface area contributed by atoms with E-state index in [1.807, 2.05) is 25.1 Å². The van der Waals surface area contributed by atoms with Crippen molar-refractivity contribution in [1.82, 2.24) is 10.2 Å². The number of nitrogens with zero attached hydrogens (tertiary/aromatic N) is 2. The fourth-order valence-electron chi connectivity index (χ4n) is 3.47. The highest BCUT2D eigenvalue weighted by Crippen LogP contribution is 2.32. The van der Waals surface area contributed by atoms with Gasteiger partial charge in [-0.1, -0.05) is 37.3 Å². The number of imide groups is 1. The highest BCUT2D eigenvalue weighted by molar-refractivity contribution is 6.10. The predicted octanol–water partition coefficient (Wildman–Crippen LogP) is 3.04. The first-order chi connectivity index (χ1) is 13.4. The minimum absolute atomic E-state index is 0.282. The second-order valence-corrected chi connectivity index (χ2v) is 6.56. The maximum atomic E-state index is 13.3. The number of likely N-dealkylation sites (N-methyl/N-ethyl adjacent to an activating group) is 1. The lowest BCUT2D eigenvalue weighted by molar-refractivity contribution is -0.134. The Kier molecular flexibility index (Phi) is 5.44. The largest absolute Gasteiger partial charge is 0.325 e. The Morgan fingerprint density at radius 3 is 2.29 bits per heavy atom. The predicted molar refractivity (Wildman–Crippen MR) is 103 cm³/mol. The number of hydrogen-bond acceptors (Lipinski definition) is 3. The number of hydrogen-bond donors (Lipinski definition) is 1. The van der Waals surface area contributed by atoms with E-state index in [4.69, 9.17) is 0 Å². The van der Waals surface area contributed by atoms with Crippen molar-refractivity contribution in [2.45, 2.75) is 25.8 Å². The summed E-state index contributed by atoms with van der Waals surface area (Å²) < 4.78 is 13.3. The summed E-state index contributed by atoms with van der Waals surface area (Å²) in [5, 5.41) is 2.70. The Hall–Kier alpha value is -3.22. The molecule has 6 nitrogen and oxygen atoms in total. The van der Waals surface area contributed by atoms with Crippen LogP contribution in [-0.4, -0.2) is 35.8 Å². The molecule has 0 spiro atoms. The molecule has 2 aromatic carbocycles.